The number of para-hydroxylation sites is 1. The van der Waals surface area contributed by atoms with Crippen LogP contribution in [0.4, 0.5) is 10.1 Å². The lowest BCUT2D eigenvalue weighted by atomic mass is 9.97. The van der Waals surface area contributed by atoms with Crippen molar-refractivity contribution in [3.8, 4) is 0 Å². The van der Waals surface area contributed by atoms with E-state index >= 15 is 0 Å². The molecule has 20 heavy (non-hydrogen) atoms. The van der Waals surface area contributed by atoms with E-state index in [4.69, 9.17) is 0 Å². The Balaban J connectivity index is 2.27. The zero-order chi connectivity index (χ0) is 14.5. The van der Waals surface area contributed by atoms with E-state index in [2.05, 4.69) is 12.2 Å². The summed E-state index contributed by atoms with van der Waals surface area (Å²) < 4.78 is 13.8. The van der Waals surface area contributed by atoms with Crippen LogP contribution in [0.25, 0.3) is 0 Å². The van der Waals surface area contributed by atoms with Gasteiger partial charge in [-0.25, -0.2) is 4.39 Å². The van der Waals surface area contributed by atoms with Gasteiger partial charge in [-0.2, -0.15) is 0 Å². The number of amides is 1. The smallest absolute Gasteiger partial charge is 0.256 e. The van der Waals surface area contributed by atoms with Crippen molar-refractivity contribution >= 4 is 11.6 Å². The van der Waals surface area contributed by atoms with Crippen molar-refractivity contribution < 1.29 is 9.18 Å². The summed E-state index contributed by atoms with van der Waals surface area (Å²) in [5, 5.41) is 2.81. The number of hydrogen-bond donors (Lipinski definition) is 1. The van der Waals surface area contributed by atoms with Crippen LogP contribution in [-0.2, 0) is 0 Å². The molecule has 0 bridgehead atoms. The van der Waals surface area contributed by atoms with Crippen molar-refractivity contribution in [2.24, 2.45) is 0 Å². The molecule has 1 aromatic carbocycles. The molecule has 1 aromatic rings. The number of piperidine rings is 1. The SMILES string of the molecule is CCCC1CCCCN1C(=O)c1cccc(F)c1NC. The number of carbonyl (C=O) groups is 1. The molecule has 2 rings (SSSR count). The maximum absolute atomic E-state index is 13.8. The summed E-state index contributed by atoms with van der Waals surface area (Å²) in [5.41, 5.74) is 0.744. The van der Waals surface area contributed by atoms with Gasteiger partial charge in [0.15, 0.2) is 0 Å². The highest BCUT2D eigenvalue weighted by Crippen LogP contribution is 2.26. The molecule has 3 nitrogen and oxygen atoms in total. The number of nitrogens with one attached hydrogen (secondary N) is 1. The molecule has 1 heterocycles. The molecule has 110 valence electrons. The number of anilines is 1. The van der Waals surface area contributed by atoms with Crippen molar-refractivity contribution in [2.75, 3.05) is 18.9 Å². The number of nitrogens with zero attached hydrogens (tertiary/aromatic N) is 1. The number of hydrogen-bond acceptors (Lipinski definition) is 2. The Hall–Kier alpha value is -1.58. The largest absolute Gasteiger partial charge is 0.385 e. The molecule has 1 unspecified atom stereocenters. The summed E-state index contributed by atoms with van der Waals surface area (Å²) in [7, 11) is 1.65. The van der Waals surface area contributed by atoms with Gasteiger partial charge < -0.3 is 10.2 Å². The summed E-state index contributed by atoms with van der Waals surface area (Å²) in [6.07, 6.45) is 5.36. The lowest BCUT2D eigenvalue weighted by Crippen LogP contribution is -2.43. The molecule has 1 aliphatic heterocycles. The zero-order valence-electron chi connectivity index (χ0n) is 12.3. The second kappa shape index (κ2) is 6.73. The van der Waals surface area contributed by atoms with Gasteiger partial charge in [0.25, 0.3) is 5.91 Å². The first kappa shape index (κ1) is 14.8. The highest BCUT2D eigenvalue weighted by molar-refractivity contribution is 6.00. The Morgan fingerprint density at radius 3 is 2.95 bits per heavy atom. The lowest BCUT2D eigenvalue weighted by Gasteiger charge is -2.36. The molecule has 1 N–H and O–H groups in total. The fourth-order valence-corrected chi connectivity index (χ4v) is 3.01. The highest BCUT2D eigenvalue weighted by atomic mass is 19.1. The lowest BCUT2D eigenvalue weighted by molar-refractivity contribution is 0.0601. The highest BCUT2D eigenvalue weighted by Gasteiger charge is 2.28. The normalized spacial score (nSPS) is 18.9. The molecule has 0 spiro atoms. The van der Waals surface area contributed by atoms with Gasteiger partial charge >= 0.3 is 0 Å². The van der Waals surface area contributed by atoms with Crippen LogP contribution in [-0.4, -0.2) is 30.4 Å². The average Bonchev–Trinajstić information content (AvgIpc) is 2.47. The predicted octanol–water partition coefficient (Wildman–Crippen LogP) is 3.66. The summed E-state index contributed by atoms with van der Waals surface area (Å²) in [5.74, 6) is -0.422. The van der Waals surface area contributed by atoms with E-state index in [0.717, 1.165) is 32.2 Å². The van der Waals surface area contributed by atoms with Crippen LogP contribution in [0.2, 0.25) is 0 Å². The summed E-state index contributed by atoms with van der Waals surface area (Å²) in [6.45, 7) is 2.92. The fraction of sp³-hybridized carbons (Fsp3) is 0.562. The third kappa shape index (κ3) is 2.94. The number of carbonyl (C=O) groups excluding carboxylic acids is 1. The van der Waals surface area contributed by atoms with Gasteiger partial charge in [-0.15, -0.1) is 0 Å². The van der Waals surface area contributed by atoms with E-state index in [1.807, 2.05) is 4.90 Å². The quantitative estimate of drug-likeness (QED) is 0.911. The van der Waals surface area contributed by atoms with Crippen LogP contribution in [0.5, 0.6) is 0 Å². The molecule has 1 fully saturated rings. The Labute approximate surface area is 120 Å². The second-order valence-corrected chi connectivity index (χ2v) is 5.35. The standard InChI is InChI=1S/C16H23FN2O/c1-3-7-12-8-4-5-11-19(12)16(20)13-9-6-10-14(17)15(13)18-2/h6,9-10,12,18H,3-5,7-8,11H2,1-2H3. The van der Waals surface area contributed by atoms with Crippen molar-refractivity contribution in [3.63, 3.8) is 0 Å². The number of rotatable bonds is 4. The van der Waals surface area contributed by atoms with E-state index in [0.29, 0.717) is 17.3 Å². The van der Waals surface area contributed by atoms with Crippen molar-refractivity contribution in [1.29, 1.82) is 0 Å². The first-order valence-corrected chi connectivity index (χ1v) is 7.46. The molecule has 1 atom stereocenters. The third-order valence-electron chi connectivity index (χ3n) is 4.00. The van der Waals surface area contributed by atoms with Crippen molar-refractivity contribution in [3.05, 3.63) is 29.6 Å². The first-order valence-electron chi connectivity index (χ1n) is 7.46. The zero-order valence-corrected chi connectivity index (χ0v) is 12.3. The van der Waals surface area contributed by atoms with Gasteiger partial charge in [-0.05, 0) is 37.8 Å². The number of halogens is 1. The maximum Gasteiger partial charge on any atom is 0.256 e. The van der Waals surface area contributed by atoms with Crippen LogP contribution in [0.1, 0.15) is 49.4 Å². The van der Waals surface area contributed by atoms with Crippen LogP contribution in [0.15, 0.2) is 18.2 Å². The third-order valence-corrected chi connectivity index (χ3v) is 4.00. The Bertz CT molecular complexity index is 474. The van der Waals surface area contributed by atoms with Crippen LogP contribution in [0.3, 0.4) is 0 Å². The molecule has 0 aliphatic carbocycles. The molecular weight excluding hydrogens is 255 g/mol. The van der Waals surface area contributed by atoms with Crippen molar-refractivity contribution in [1.82, 2.24) is 4.90 Å². The molecule has 0 saturated carbocycles. The van der Waals surface area contributed by atoms with E-state index in [9.17, 15) is 9.18 Å². The fourth-order valence-electron chi connectivity index (χ4n) is 3.01. The maximum atomic E-state index is 13.8. The molecule has 1 amide bonds. The molecular formula is C16H23FN2O. The molecule has 1 aliphatic rings. The van der Waals surface area contributed by atoms with E-state index < -0.39 is 0 Å². The van der Waals surface area contributed by atoms with E-state index in [1.54, 1.807) is 19.2 Å². The molecule has 1 saturated heterocycles. The minimum absolute atomic E-state index is 0.0491. The molecule has 0 radical (unpaired) electrons. The van der Waals surface area contributed by atoms with Crippen LogP contribution < -0.4 is 5.32 Å². The first-order chi connectivity index (χ1) is 9.69. The van der Waals surface area contributed by atoms with Gasteiger partial charge in [0.2, 0.25) is 0 Å². The van der Waals surface area contributed by atoms with E-state index in [-0.39, 0.29) is 11.7 Å². The Morgan fingerprint density at radius 1 is 1.45 bits per heavy atom. The topological polar surface area (TPSA) is 32.3 Å². The van der Waals surface area contributed by atoms with Crippen molar-refractivity contribution in [2.45, 2.75) is 45.1 Å². The number of likely N-dealkylation sites (tertiary alicyclic amines) is 1. The summed E-state index contributed by atoms with van der Waals surface area (Å²) in [6, 6.07) is 4.98. The second-order valence-electron chi connectivity index (χ2n) is 5.35. The Kier molecular flexibility index (Phi) is 4.99. The van der Waals surface area contributed by atoms with Gasteiger partial charge in [-0.1, -0.05) is 19.4 Å². The minimum Gasteiger partial charge on any atom is -0.385 e. The predicted molar refractivity (Wildman–Crippen MR) is 79.5 cm³/mol. The Morgan fingerprint density at radius 2 is 2.25 bits per heavy atom. The van der Waals surface area contributed by atoms with Gasteiger partial charge in [-0.3, -0.25) is 4.79 Å². The van der Waals surface area contributed by atoms with Crippen LogP contribution in [0, 0.1) is 5.82 Å². The van der Waals surface area contributed by atoms with Crippen LogP contribution >= 0.6 is 0 Å². The van der Waals surface area contributed by atoms with Gasteiger partial charge in [0.05, 0.1) is 11.3 Å². The minimum atomic E-state index is -0.373. The molecule has 0 aromatic heterocycles. The monoisotopic (exact) mass is 278 g/mol. The van der Waals surface area contributed by atoms with Gasteiger partial charge in [0, 0.05) is 19.6 Å². The average molecular weight is 278 g/mol. The molecule has 4 heteroatoms. The summed E-state index contributed by atoms with van der Waals surface area (Å²) in [4.78, 5) is 14.7. The van der Waals surface area contributed by atoms with E-state index in [1.165, 1.54) is 12.5 Å². The number of benzene rings is 1. The summed E-state index contributed by atoms with van der Waals surface area (Å²) >= 11 is 0. The van der Waals surface area contributed by atoms with Gasteiger partial charge in [0.1, 0.15) is 5.82 Å².